The fourth-order valence-corrected chi connectivity index (χ4v) is 2.89. The van der Waals surface area contributed by atoms with Crippen molar-refractivity contribution in [1.82, 2.24) is 9.97 Å². The van der Waals surface area contributed by atoms with E-state index in [1.165, 1.54) is 22.0 Å². The predicted octanol–water partition coefficient (Wildman–Crippen LogP) is 4.96. The SMILES string of the molecule is CN(C)c1ccc(-c2ccc(-c3cc4ccccc4[nH]3)cc2)cn1. The molecular formula is C21H19N3. The monoisotopic (exact) mass is 313 g/mol. The third-order valence-electron chi connectivity index (χ3n) is 4.27. The summed E-state index contributed by atoms with van der Waals surface area (Å²) in [5.74, 6) is 0.966. The highest BCUT2D eigenvalue weighted by Gasteiger charge is 2.05. The highest BCUT2D eigenvalue weighted by atomic mass is 15.1. The zero-order valence-electron chi connectivity index (χ0n) is 13.8. The number of hydrogen-bond donors (Lipinski definition) is 1. The summed E-state index contributed by atoms with van der Waals surface area (Å²) in [6, 6.07) is 23.3. The zero-order chi connectivity index (χ0) is 16.5. The van der Waals surface area contributed by atoms with Gasteiger partial charge in [0, 0.05) is 42.5 Å². The number of hydrogen-bond acceptors (Lipinski definition) is 2. The molecule has 0 fully saturated rings. The predicted molar refractivity (Wildman–Crippen MR) is 101 cm³/mol. The summed E-state index contributed by atoms with van der Waals surface area (Å²) in [6.45, 7) is 0. The zero-order valence-corrected chi connectivity index (χ0v) is 13.8. The van der Waals surface area contributed by atoms with Gasteiger partial charge in [0.1, 0.15) is 5.82 Å². The van der Waals surface area contributed by atoms with Gasteiger partial charge < -0.3 is 9.88 Å². The minimum atomic E-state index is 0.966. The number of H-pyrrole nitrogens is 1. The van der Waals surface area contributed by atoms with E-state index in [2.05, 4.69) is 70.6 Å². The Morgan fingerprint density at radius 1 is 0.792 bits per heavy atom. The van der Waals surface area contributed by atoms with E-state index in [9.17, 15) is 0 Å². The Labute approximate surface area is 141 Å². The second kappa shape index (κ2) is 5.85. The van der Waals surface area contributed by atoms with Crippen LogP contribution in [0.2, 0.25) is 0 Å². The molecule has 118 valence electrons. The highest BCUT2D eigenvalue weighted by Crippen LogP contribution is 2.27. The summed E-state index contributed by atoms with van der Waals surface area (Å²) < 4.78 is 0. The van der Waals surface area contributed by atoms with E-state index in [4.69, 9.17) is 0 Å². The molecule has 3 nitrogen and oxygen atoms in total. The van der Waals surface area contributed by atoms with Crippen LogP contribution < -0.4 is 4.90 Å². The van der Waals surface area contributed by atoms with E-state index in [0.29, 0.717) is 0 Å². The highest BCUT2D eigenvalue weighted by molar-refractivity contribution is 5.86. The number of pyridine rings is 1. The lowest BCUT2D eigenvalue weighted by Gasteiger charge is -2.11. The molecule has 0 radical (unpaired) electrons. The van der Waals surface area contributed by atoms with Crippen molar-refractivity contribution in [2.45, 2.75) is 0 Å². The molecule has 0 bridgehead atoms. The Morgan fingerprint density at radius 3 is 2.17 bits per heavy atom. The van der Waals surface area contributed by atoms with Crippen LogP contribution in [0, 0.1) is 0 Å². The maximum Gasteiger partial charge on any atom is 0.127 e. The number of benzene rings is 2. The molecule has 0 saturated carbocycles. The van der Waals surface area contributed by atoms with Crippen molar-refractivity contribution >= 4 is 16.7 Å². The molecule has 0 aliphatic rings. The van der Waals surface area contributed by atoms with Gasteiger partial charge in [-0.3, -0.25) is 0 Å². The topological polar surface area (TPSA) is 31.9 Å². The molecule has 2 aromatic carbocycles. The first kappa shape index (κ1) is 14.5. The van der Waals surface area contributed by atoms with E-state index < -0.39 is 0 Å². The molecule has 3 heteroatoms. The van der Waals surface area contributed by atoms with Crippen LogP contribution in [-0.4, -0.2) is 24.1 Å². The summed E-state index contributed by atoms with van der Waals surface area (Å²) in [4.78, 5) is 9.96. The summed E-state index contributed by atoms with van der Waals surface area (Å²) in [6.07, 6.45) is 1.92. The number of para-hydroxylation sites is 1. The standard InChI is InChI=1S/C21H19N3/c1-24(2)21-12-11-18(14-22-21)15-7-9-16(10-8-15)20-13-17-5-3-4-6-19(17)23-20/h3-14,23H,1-2H3. The van der Waals surface area contributed by atoms with E-state index in [1.807, 2.05) is 31.3 Å². The van der Waals surface area contributed by atoms with Gasteiger partial charge in [-0.25, -0.2) is 4.98 Å². The van der Waals surface area contributed by atoms with E-state index in [1.54, 1.807) is 0 Å². The Morgan fingerprint density at radius 2 is 1.50 bits per heavy atom. The minimum Gasteiger partial charge on any atom is -0.363 e. The number of fused-ring (bicyclic) bond motifs is 1. The molecule has 0 atom stereocenters. The molecule has 0 aliphatic carbocycles. The lowest BCUT2D eigenvalue weighted by atomic mass is 10.0. The summed E-state index contributed by atoms with van der Waals surface area (Å²) in [5.41, 5.74) is 5.80. The number of rotatable bonds is 3. The Bertz CT molecular complexity index is 931. The Balaban J connectivity index is 1.64. The molecule has 24 heavy (non-hydrogen) atoms. The molecule has 0 aliphatic heterocycles. The maximum absolute atomic E-state index is 4.48. The van der Waals surface area contributed by atoms with Crippen LogP contribution in [0.4, 0.5) is 5.82 Å². The molecule has 0 spiro atoms. The van der Waals surface area contributed by atoms with E-state index in [0.717, 1.165) is 17.1 Å². The fraction of sp³-hybridized carbons (Fsp3) is 0.0952. The largest absolute Gasteiger partial charge is 0.363 e. The van der Waals surface area contributed by atoms with Gasteiger partial charge in [-0.2, -0.15) is 0 Å². The van der Waals surface area contributed by atoms with Crippen molar-refractivity contribution in [3.8, 4) is 22.4 Å². The average molecular weight is 313 g/mol. The second-order valence-electron chi connectivity index (χ2n) is 6.15. The summed E-state index contributed by atoms with van der Waals surface area (Å²) in [5, 5.41) is 1.24. The van der Waals surface area contributed by atoms with Gasteiger partial charge in [0.25, 0.3) is 0 Å². The van der Waals surface area contributed by atoms with Crippen LogP contribution in [0.3, 0.4) is 0 Å². The lowest BCUT2D eigenvalue weighted by molar-refractivity contribution is 1.07. The third kappa shape index (κ3) is 2.65. The molecule has 0 saturated heterocycles. The van der Waals surface area contributed by atoms with Crippen molar-refractivity contribution in [3.63, 3.8) is 0 Å². The number of nitrogens with one attached hydrogen (secondary N) is 1. The minimum absolute atomic E-state index is 0.966. The molecule has 1 N–H and O–H groups in total. The van der Waals surface area contributed by atoms with Crippen LogP contribution >= 0.6 is 0 Å². The second-order valence-corrected chi connectivity index (χ2v) is 6.15. The quantitative estimate of drug-likeness (QED) is 0.579. The molecular weight excluding hydrogens is 294 g/mol. The van der Waals surface area contributed by atoms with Crippen molar-refractivity contribution in [3.05, 3.63) is 72.9 Å². The van der Waals surface area contributed by atoms with Gasteiger partial charge in [-0.1, -0.05) is 42.5 Å². The molecule has 0 amide bonds. The molecule has 2 heterocycles. The normalized spacial score (nSPS) is 10.9. The first-order chi connectivity index (χ1) is 11.7. The van der Waals surface area contributed by atoms with Gasteiger partial charge in [-0.15, -0.1) is 0 Å². The van der Waals surface area contributed by atoms with Crippen LogP contribution in [-0.2, 0) is 0 Å². The number of anilines is 1. The molecule has 2 aromatic heterocycles. The van der Waals surface area contributed by atoms with Gasteiger partial charge in [0.05, 0.1) is 0 Å². The van der Waals surface area contributed by atoms with Crippen molar-refractivity contribution in [2.75, 3.05) is 19.0 Å². The molecule has 0 unspecified atom stereocenters. The number of aromatic nitrogens is 2. The first-order valence-corrected chi connectivity index (χ1v) is 8.03. The van der Waals surface area contributed by atoms with Crippen LogP contribution in [0.5, 0.6) is 0 Å². The van der Waals surface area contributed by atoms with Gasteiger partial charge in [-0.05, 0) is 35.4 Å². The van der Waals surface area contributed by atoms with E-state index >= 15 is 0 Å². The average Bonchev–Trinajstić information content (AvgIpc) is 3.06. The van der Waals surface area contributed by atoms with Gasteiger partial charge in [0.2, 0.25) is 0 Å². The van der Waals surface area contributed by atoms with Crippen molar-refractivity contribution in [1.29, 1.82) is 0 Å². The smallest absolute Gasteiger partial charge is 0.127 e. The number of nitrogens with zero attached hydrogens (tertiary/aromatic N) is 2. The summed E-state index contributed by atoms with van der Waals surface area (Å²) >= 11 is 0. The van der Waals surface area contributed by atoms with Crippen LogP contribution in [0.15, 0.2) is 72.9 Å². The first-order valence-electron chi connectivity index (χ1n) is 8.03. The Kier molecular flexibility index (Phi) is 3.54. The van der Waals surface area contributed by atoms with E-state index in [-0.39, 0.29) is 0 Å². The lowest BCUT2D eigenvalue weighted by Crippen LogP contribution is -2.09. The number of aromatic amines is 1. The molecule has 4 rings (SSSR count). The Hall–Kier alpha value is -3.07. The maximum atomic E-state index is 4.48. The van der Waals surface area contributed by atoms with Crippen molar-refractivity contribution < 1.29 is 0 Å². The van der Waals surface area contributed by atoms with Gasteiger partial charge >= 0.3 is 0 Å². The van der Waals surface area contributed by atoms with Gasteiger partial charge in [0.15, 0.2) is 0 Å². The van der Waals surface area contributed by atoms with Crippen molar-refractivity contribution in [2.24, 2.45) is 0 Å². The molecule has 4 aromatic rings. The third-order valence-corrected chi connectivity index (χ3v) is 4.27. The summed E-state index contributed by atoms with van der Waals surface area (Å²) in [7, 11) is 3.99. The van der Waals surface area contributed by atoms with Crippen LogP contribution in [0.25, 0.3) is 33.3 Å². The fourth-order valence-electron chi connectivity index (χ4n) is 2.89. The van der Waals surface area contributed by atoms with Crippen LogP contribution in [0.1, 0.15) is 0 Å².